The van der Waals surface area contributed by atoms with Gasteiger partial charge < -0.3 is 14.5 Å². The van der Waals surface area contributed by atoms with E-state index in [-0.39, 0.29) is 12.1 Å². The van der Waals surface area contributed by atoms with Gasteiger partial charge in [0.25, 0.3) is 0 Å². The van der Waals surface area contributed by atoms with E-state index in [9.17, 15) is 4.79 Å². The molecule has 7 heteroatoms. The Hall–Kier alpha value is -1.43. The maximum absolute atomic E-state index is 12.1. The molecular weight excluding hydrogens is 475 g/mol. The molecule has 1 saturated heterocycles. The first-order chi connectivity index (χ1) is 13.5. The van der Waals surface area contributed by atoms with Gasteiger partial charge in [0.15, 0.2) is 0 Å². The molecule has 0 saturated carbocycles. The Morgan fingerprint density at radius 2 is 1.52 bits per heavy atom. The molecule has 0 unspecified atom stereocenters. The summed E-state index contributed by atoms with van der Waals surface area (Å²) in [6, 6.07) is 15.5. The average molecular weight is 502 g/mol. The van der Waals surface area contributed by atoms with Gasteiger partial charge in [-0.05, 0) is 76.2 Å². The minimum absolute atomic E-state index is 0.231. The monoisotopic (exact) mass is 500 g/mol. The SMILES string of the molecule is C[C@H]1CN(C(=O)OC(C)(C)C)CCN1c1ccc(Cl)cc1.Clc1ccc(Br)cc1. The van der Waals surface area contributed by atoms with Gasteiger partial charge in [-0.3, -0.25) is 0 Å². The van der Waals surface area contributed by atoms with Crippen LogP contribution >= 0.6 is 39.1 Å². The molecule has 0 radical (unpaired) electrons. The van der Waals surface area contributed by atoms with Crippen LogP contribution in [0.15, 0.2) is 53.0 Å². The molecule has 1 fully saturated rings. The van der Waals surface area contributed by atoms with Crippen molar-refractivity contribution in [2.45, 2.75) is 39.3 Å². The highest BCUT2D eigenvalue weighted by atomic mass is 79.9. The molecule has 3 rings (SSSR count). The van der Waals surface area contributed by atoms with Gasteiger partial charge in [-0.1, -0.05) is 39.1 Å². The Morgan fingerprint density at radius 3 is 1.97 bits per heavy atom. The van der Waals surface area contributed by atoms with Crippen LogP contribution in [0.4, 0.5) is 10.5 Å². The molecule has 1 amide bonds. The smallest absolute Gasteiger partial charge is 0.410 e. The number of hydrogen-bond acceptors (Lipinski definition) is 3. The normalized spacial score (nSPS) is 16.7. The van der Waals surface area contributed by atoms with Crippen molar-refractivity contribution >= 4 is 50.9 Å². The van der Waals surface area contributed by atoms with Crippen LogP contribution in [0.2, 0.25) is 10.0 Å². The number of piperazine rings is 1. The summed E-state index contributed by atoms with van der Waals surface area (Å²) in [6.45, 7) is 9.90. The van der Waals surface area contributed by atoms with Crippen LogP contribution in [-0.4, -0.2) is 42.3 Å². The van der Waals surface area contributed by atoms with Gasteiger partial charge in [-0.2, -0.15) is 0 Å². The Morgan fingerprint density at radius 1 is 1.00 bits per heavy atom. The standard InChI is InChI=1S/C16H23ClN2O2.C6H4BrCl/c1-12-11-18(15(20)21-16(2,3)4)9-10-19(12)14-7-5-13(17)6-8-14;7-5-1-3-6(8)4-2-5/h5-8,12H,9-11H2,1-4H3;1-4H/t12-;/m0./s1. The zero-order valence-corrected chi connectivity index (χ0v) is 20.3. The van der Waals surface area contributed by atoms with E-state index in [0.717, 1.165) is 26.8 Å². The fourth-order valence-corrected chi connectivity index (χ4v) is 3.41. The van der Waals surface area contributed by atoms with E-state index in [1.54, 1.807) is 4.90 Å². The highest BCUT2D eigenvalue weighted by Crippen LogP contribution is 2.23. The molecule has 2 aromatic rings. The molecule has 1 atom stereocenters. The molecule has 0 bridgehead atoms. The van der Waals surface area contributed by atoms with E-state index in [4.69, 9.17) is 27.9 Å². The molecule has 4 nitrogen and oxygen atoms in total. The lowest BCUT2D eigenvalue weighted by molar-refractivity contribution is 0.0219. The maximum atomic E-state index is 12.1. The number of rotatable bonds is 1. The van der Waals surface area contributed by atoms with Crippen LogP contribution in [0.25, 0.3) is 0 Å². The number of hydrogen-bond donors (Lipinski definition) is 0. The number of anilines is 1. The number of halogens is 3. The van der Waals surface area contributed by atoms with E-state index in [2.05, 4.69) is 27.8 Å². The minimum Gasteiger partial charge on any atom is -0.444 e. The summed E-state index contributed by atoms with van der Waals surface area (Å²) in [5, 5.41) is 1.51. The third-order valence-corrected chi connectivity index (χ3v) is 5.27. The van der Waals surface area contributed by atoms with Gasteiger partial charge in [0, 0.05) is 45.9 Å². The summed E-state index contributed by atoms with van der Waals surface area (Å²) in [4.78, 5) is 16.2. The molecule has 0 aliphatic carbocycles. The first-order valence-corrected chi connectivity index (χ1v) is 11.0. The van der Waals surface area contributed by atoms with Crippen molar-refractivity contribution in [2.75, 3.05) is 24.5 Å². The van der Waals surface area contributed by atoms with Crippen molar-refractivity contribution in [3.63, 3.8) is 0 Å². The third-order valence-electron chi connectivity index (χ3n) is 4.24. The number of nitrogens with zero attached hydrogens (tertiary/aromatic N) is 2. The first kappa shape index (κ1) is 23.8. The van der Waals surface area contributed by atoms with E-state index in [1.165, 1.54) is 0 Å². The molecule has 2 aromatic carbocycles. The maximum Gasteiger partial charge on any atom is 0.410 e. The molecule has 0 spiro atoms. The van der Waals surface area contributed by atoms with Crippen molar-refractivity contribution in [2.24, 2.45) is 0 Å². The van der Waals surface area contributed by atoms with Gasteiger partial charge in [0.05, 0.1) is 0 Å². The zero-order valence-electron chi connectivity index (χ0n) is 17.2. The molecule has 0 N–H and O–H groups in total. The summed E-state index contributed by atoms with van der Waals surface area (Å²) < 4.78 is 6.49. The largest absolute Gasteiger partial charge is 0.444 e. The van der Waals surface area contributed by atoms with E-state index < -0.39 is 5.60 Å². The molecule has 1 aliphatic rings. The zero-order chi connectivity index (χ0) is 21.6. The minimum atomic E-state index is -0.451. The third kappa shape index (κ3) is 8.07. The number of ether oxygens (including phenoxy) is 1. The van der Waals surface area contributed by atoms with Gasteiger partial charge >= 0.3 is 6.09 Å². The molecule has 0 aromatic heterocycles. The van der Waals surface area contributed by atoms with Crippen LogP contribution in [0.1, 0.15) is 27.7 Å². The summed E-state index contributed by atoms with van der Waals surface area (Å²) in [5.74, 6) is 0. The second kappa shape index (κ2) is 10.6. The Labute approximate surface area is 191 Å². The topological polar surface area (TPSA) is 32.8 Å². The number of carbonyl (C=O) groups is 1. The Kier molecular flexibility index (Phi) is 8.68. The lowest BCUT2D eigenvalue weighted by atomic mass is 10.1. The van der Waals surface area contributed by atoms with Gasteiger partial charge in [-0.15, -0.1) is 0 Å². The predicted molar refractivity (Wildman–Crippen MR) is 125 cm³/mol. The van der Waals surface area contributed by atoms with E-state index >= 15 is 0 Å². The van der Waals surface area contributed by atoms with Crippen LogP contribution in [0.5, 0.6) is 0 Å². The quantitative estimate of drug-likeness (QED) is 0.426. The molecule has 158 valence electrons. The van der Waals surface area contributed by atoms with Gasteiger partial charge in [0.1, 0.15) is 5.60 Å². The van der Waals surface area contributed by atoms with Gasteiger partial charge in [-0.25, -0.2) is 4.79 Å². The Balaban J connectivity index is 0.000000313. The summed E-state index contributed by atoms with van der Waals surface area (Å²) >= 11 is 14.8. The van der Waals surface area contributed by atoms with Gasteiger partial charge in [0.2, 0.25) is 0 Å². The highest BCUT2D eigenvalue weighted by molar-refractivity contribution is 9.10. The second-order valence-corrected chi connectivity index (χ2v) is 9.67. The van der Waals surface area contributed by atoms with Crippen molar-refractivity contribution in [3.8, 4) is 0 Å². The van der Waals surface area contributed by atoms with Crippen molar-refractivity contribution in [3.05, 3.63) is 63.0 Å². The number of benzene rings is 2. The lowest BCUT2D eigenvalue weighted by Gasteiger charge is -2.41. The number of amides is 1. The van der Waals surface area contributed by atoms with Crippen molar-refractivity contribution in [1.29, 1.82) is 0 Å². The number of carbonyl (C=O) groups excluding carboxylic acids is 1. The van der Waals surface area contributed by atoms with E-state index in [0.29, 0.717) is 13.1 Å². The summed E-state index contributed by atoms with van der Waals surface area (Å²) in [7, 11) is 0. The van der Waals surface area contributed by atoms with Crippen LogP contribution in [-0.2, 0) is 4.74 Å². The summed E-state index contributed by atoms with van der Waals surface area (Å²) in [5.41, 5.74) is 0.684. The van der Waals surface area contributed by atoms with E-state index in [1.807, 2.05) is 69.3 Å². The van der Waals surface area contributed by atoms with Crippen molar-refractivity contribution in [1.82, 2.24) is 4.90 Å². The second-order valence-electron chi connectivity index (χ2n) is 7.88. The van der Waals surface area contributed by atoms with Crippen molar-refractivity contribution < 1.29 is 9.53 Å². The Bertz CT molecular complexity index is 771. The first-order valence-electron chi connectivity index (χ1n) is 9.46. The molecule has 1 aliphatic heterocycles. The summed E-state index contributed by atoms with van der Waals surface area (Å²) in [6.07, 6.45) is -0.231. The fourth-order valence-electron chi connectivity index (χ4n) is 2.90. The lowest BCUT2D eigenvalue weighted by Crippen LogP contribution is -2.54. The molecular formula is C22H27BrCl2N2O2. The van der Waals surface area contributed by atoms with Crippen LogP contribution in [0.3, 0.4) is 0 Å². The highest BCUT2D eigenvalue weighted by Gasteiger charge is 2.29. The fraction of sp³-hybridized carbons (Fsp3) is 0.409. The molecule has 1 heterocycles. The average Bonchev–Trinajstić information content (AvgIpc) is 2.64. The van der Waals surface area contributed by atoms with Crippen LogP contribution in [0, 0.1) is 0 Å². The predicted octanol–water partition coefficient (Wildman–Crippen LogP) is 6.89. The van der Waals surface area contributed by atoms with Crippen LogP contribution < -0.4 is 4.90 Å². The molecule has 29 heavy (non-hydrogen) atoms.